The van der Waals surface area contributed by atoms with Gasteiger partial charge >= 0.3 is 0 Å². The minimum absolute atomic E-state index is 0.0568. The van der Waals surface area contributed by atoms with Crippen LogP contribution in [0.1, 0.15) is 29.5 Å². The molecule has 2 heterocycles. The van der Waals surface area contributed by atoms with Gasteiger partial charge in [-0.25, -0.2) is 0 Å². The molecule has 0 atom stereocenters. The maximum absolute atomic E-state index is 12.3. The highest BCUT2D eigenvalue weighted by Crippen LogP contribution is 2.34. The Morgan fingerprint density at radius 3 is 2.69 bits per heavy atom. The molecule has 0 saturated carbocycles. The number of hydrogen-bond acceptors (Lipinski definition) is 4. The van der Waals surface area contributed by atoms with Gasteiger partial charge in [-0.15, -0.1) is 0 Å². The topological polar surface area (TPSA) is 53.6 Å². The lowest BCUT2D eigenvalue weighted by molar-refractivity contribution is -0.110. The molecule has 0 spiro atoms. The average Bonchev–Trinajstić information content (AvgIpc) is 3.07. The number of fused-ring (bicyclic) bond motifs is 1. The van der Waals surface area contributed by atoms with Crippen molar-refractivity contribution < 1.29 is 9.53 Å². The Morgan fingerprint density at radius 2 is 1.90 bits per heavy atom. The number of morpholine rings is 1. The normalized spacial score (nSPS) is 18.0. The first-order chi connectivity index (χ1) is 14.2. The second-order valence-electron chi connectivity index (χ2n) is 7.76. The van der Waals surface area contributed by atoms with Crippen molar-refractivity contribution in [3.63, 3.8) is 0 Å². The Balaban J connectivity index is 1.29. The molecule has 0 bridgehead atoms. The highest BCUT2D eigenvalue weighted by Gasteiger charge is 2.25. The molecule has 4 rings (SSSR count). The number of nitrogens with zero attached hydrogens (tertiary/aromatic N) is 1. The predicted molar refractivity (Wildman–Crippen MR) is 118 cm³/mol. The van der Waals surface area contributed by atoms with Crippen LogP contribution in [0.4, 0.5) is 11.4 Å². The van der Waals surface area contributed by atoms with Crippen LogP contribution < -0.4 is 10.6 Å². The van der Waals surface area contributed by atoms with Gasteiger partial charge < -0.3 is 15.4 Å². The number of carbonyl (C=O) groups excluding carboxylic acids is 1. The van der Waals surface area contributed by atoms with E-state index < -0.39 is 0 Å². The largest absolute Gasteiger partial charge is 0.379 e. The molecule has 1 amide bonds. The fraction of sp³-hybridized carbons (Fsp3) is 0.375. The molecule has 2 aliphatic rings. The van der Waals surface area contributed by atoms with Gasteiger partial charge in [0.05, 0.1) is 18.8 Å². The first-order valence-corrected chi connectivity index (χ1v) is 10.5. The number of rotatable bonds is 7. The molecule has 0 aliphatic carbocycles. The number of aryl methyl sites for hydroxylation is 2. The van der Waals surface area contributed by atoms with Gasteiger partial charge in [0.2, 0.25) is 0 Å². The molecule has 2 aliphatic heterocycles. The van der Waals surface area contributed by atoms with Crippen LogP contribution in [0.5, 0.6) is 0 Å². The van der Waals surface area contributed by atoms with E-state index in [9.17, 15) is 4.79 Å². The summed E-state index contributed by atoms with van der Waals surface area (Å²) in [7, 11) is 0. The first kappa shape index (κ1) is 19.7. The Bertz CT molecular complexity index is 883. The van der Waals surface area contributed by atoms with E-state index in [0.717, 1.165) is 55.2 Å². The summed E-state index contributed by atoms with van der Waals surface area (Å²) in [5.41, 5.74) is 6.00. The zero-order valence-corrected chi connectivity index (χ0v) is 17.0. The average molecular weight is 392 g/mol. The Hall–Kier alpha value is -2.63. The minimum atomic E-state index is -0.0568. The predicted octanol–water partition coefficient (Wildman–Crippen LogP) is 4.06. The van der Waals surface area contributed by atoms with E-state index in [2.05, 4.69) is 39.8 Å². The Labute approximate surface area is 172 Å². The van der Waals surface area contributed by atoms with Crippen LogP contribution in [0.25, 0.3) is 5.57 Å². The monoisotopic (exact) mass is 391 g/mol. The van der Waals surface area contributed by atoms with Gasteiger partial charge in [-0.3, -0.25) is 9.69 Å². The standard InChI is InChI=1S/C24H29N3O2/c1-18-5-4-7-22-23(18)21(24(28)26-22)17-25-20-10-8-19(9-11-20)6-2-3-12-27-13-15-29-16-14-27/h4-5,7-11,17,25H,2-3,6,12-16H2,1H3,(H,26,28). The van der Waals surface area contributed by atoms with Crippen LogP contribution in [0.3, 0.4) is 0 Å². The summed E-state index contributed by atoms with van der Waals surface area (Å²) >= 11 is 0. The molecule has 2 aromatic rings. The number of amides is 1. The van der Waals surface area contributed by atoms with Crippen molar-refractivity contribution >= 4 is 22.9 Å². The molecule has 5 heteroatoms. The van der Waals surface area contributed by atoms with E-state index in [4.69, 9.17) is 4.74 Å². The minimum Gasteiger partial charge on any atom is -0.379 e. The van der Waals surface area contributed by atoms with Crippen molar-refractivity contribution in [1.29, 1.82) is 0 Å². The smallest absolute Gasteiger partial charge is 0.257 e. The van der Waals surface area contributed by atoms with Crippen LogP contribution in [0.2, 0.25) is 0 Å². The third kappa shape index (κ3) is 4.86. The number of nitrogens with one attached hydrogen (secondary N) is 2. The van der Waals surface area contributed by atoms with Crippen LogP contribution >= 0.6 is 0 Å². The van der Waals surface area contributed by atoms with E-state index in [1.54, 1.807) is 0 Å². The number of ether oxygens (including phenoxy) is 1. The Kier molecular flexibility index (Phi) is 6.27. The zero-order valence-electron chi connectivity index (χ0n) is 17.0. The highest BCUT2D eigenvalue weighted by molar-refractivity contribution is 6.32. The highest BCUT2D eigenvalue weighted by atomic mass is 16.5. The molecular weight excluding hydrogens is 362 g/mol. The van der Waals surface area contributed by atoms with Crippen molar-refractivity contribution in [3.05, 3.63) is 65.4 Å². The van der Waals surface area contributed by atoms with E-state index in [1.807, 2.05) is 31.3 Å². The van der Waals surface area contributed by atoms with Crippen molar-refractivity contribution in [2.24, 2.45) is 0 Å². The van der Waals surface area contributed by atoms with Gasteiger partial charge in [0.15, 0.2) is 0 Å². The summed E-state index contributed by atoms with van der Waals surface area (Å²) in [5.74, 6) is -0.0568. The quantitative estimate of drug-likeness (QED) is 0.552. The zero-order chi connectivity index (χ0) is 20.1. The molecule has 1 saturated heterocycles. The molecular formula is C24H29N3O2. The molecule has 0 aromatic heterocycles. The number of anilines is 2. The maximum atomic E-state index is 12.3. The number of hydrogen-bond donors (Lipinski definition) is 2. The van der Waals surface area contributed by atoms with E-state index in [0.29, 0.717) is 5.57 Å². The third-order valence-corrected chi connectivity index (χ3v) is 5.67. The third-order valence-electron chi connectivity index (χ3n) is 5.67. The second-order valence-corrected chi connectivity index (χ2v) is 7.76. The van der Waals surface area contributed by atoms with Gasteiger partial charge in [-0.05, 0) is 62.1 Å². The van der Waals surface area contributed by atoms with E-state index in [-0.39, 0.29) is 5.91 Å². The molecule has 152 valence electrons. The maximum Gasteiger partial charge on any atom is 0.257 e. The summed E-state index contributed by atoms with van der Waals surface area (Å²) < 4.78 is 5.39. The van der Waals surface area contributed by atoms with E-state index >= 15 is 0 Å². The number of benzene rings is 2. The first-order valence-electron chi connectivity index (χ1n) is 10.5. The van der Waals surface area contributed by atoms with Crippen molar-refractivity contribution in [2.75, 3.05) is 43.5 Å². The number of carbonyl (C=O) groups is 1. The van der Waals surface area contributed by atoms with E-state index in [1.165, 1.54) is 24.9 Å². The molecule has 29 heavy (non-hydrogen) atoms. The molecule has 0 radical (unpaired) electrons. The van der Waals surface area contributed by atoms with Gasteiger partial charge in [0.25, 0.3) is 5.91 Å². The summed E-state index contributed by atoms with van der Waals surface area (Å²) in [4.78, 5) is 14.8. The molecule has 0 unspecified atom stereocenters. The van der Waals surface area contributed by atoms with Crippen molar-refractivity contribution in [1.82, 2.24) is 4.90 Å². The fourth-order valence-electron chi connectivity index (χ4n) is 3.98. The Morgan fingerprint density at radius 1 is 1.10 bits per heavy atom. The number of unbranched alkanes of at least 4 members (excludes halogenated alkanes) is 1. The lowest BCUT2D eigenvalue weighted by atomic mass is 10.0. The van der Waals surface area contributed by atoms with Gasteiger partial charge in [0, 0.05) is 36.2 Å². The fourth-order valence-corrected chi connectivity index (χ4v) is 3.98. The van der Waals surface area contributed by atoms with Crippen LogP contribution in [0, 0.1) is 6.92 Å². The van der Waals surface area contributed by atoms with Crippen molar-refractivity contribution in [2.45, 2.75) is 26.2 Å². The molecule has 2 N–H and O–H groups in total. The van der Waals surface area contributed by atoms with Gasteiger partial charge in [0.1, 0.15) is 0 Å². The molecule has 2 aromatic carbocycles. The second kappa shape index (κ2) is 9.25. The summed E-state index contributed by atoms with van der Waals surface area (Å²) in [6, 6.07) is 14.4. The lowest BCUT2D eigenvalue weighted by Crippen LogP contribution is -2.36. The van der Waals surface area contributed by atoms with Crippen molar-refractivity contribution in [3.8, 4) is 0 Å². The summed E-state index contributed by atoms with van der Waals surface area (Å²) in [5, 5.41) is 6.21. The van der Waals surface area contributed by atoms with Crippen LogP contribution in [-0.2, 0) is 16.0 Å². The lowest BCUT2D eigenvalue weighted by Gasteiger charge is -2.26. The van der Waals surface area contributed by atoms with Crippen LogP contribution in [0.15, 0.2) is 48.7 Å². The van der Waals surface area contributed by atoms with Gasteiger partial charge in [-0.1, -0.05) is 24.3 Å². The van der Waals surface area contributed by atoms with Crippen LogP contribution in [-0.4, -0.2) is 43.7 Å². The molecule has 1 fully saturated rings. The summed E-state index contributed by atoms with van der Waals surface area (Å²) in [6.45, 7) is 7.07. The summed E-state index contributed by atoms with van der Waals surface area (Å²) in [6.07, 6.45) is 5.33. The molecule has 5 nitrogen and oxygen atoms in total. The van der Waals surface area contributed by atoms with Gasteiger partial charge in [-0.2, -0.15) is 0 Å². The SMILES string of the molecule is Cc1cccc2c1C(=CNc1ccc(CCCCN3CCOCC3)cc1)C(=O)N2.